The lowest BCUT2D eigenvalue weighted by Crippen LogP contribution is -2.27. The number of hydrogen-bond donors (Lipinski definition) is 2. The van der Waals surface area contributed by atoms with Crippen LogP contribution in [0.5, 0.6) is 0 Å². The van der Waals surface area contributed by atoms with Gasteiger partial charge in [0, 0.05) is 24.2 Å². The molecule has 0 atom stereocenters. The van der Waals surface area contributed by atoms with Crippen molar-refractivity contribution in [2.24, 2.45) is 0 Å². The Bertz CT molecular complexity index is 551. The first-order chi connectivity index (χ1) is 9.20. The molecule has 2 rings (SSSR count). The zero-order valence-corrected chi connectivity index (χ0v) is 11.2. The van der Waals surface area contributed by atoms with Gasteiger partial charge in [-0.15, -0.1) is 0 Å². The SMILES string of the molecule is COCCNC(=O)c1cc(-c2ccc(Cl)cc2)n[nH]1. The van der Waals surface area contributed by atoms with Crippen molar-refractivity contribution < 1.29 is 9.53 Å². The van der Waals surface area contributed by atoms with Crippen LogP contribution in [0, 0.1) is 0 Å². The monoisotopic (exact) mass is 279 g/mol. The number of aromatic nitrogens is 2. The van der Waals surface area contributed by atoms with E-state index in [2.05, 4.69) is 15.5 Å². The van der Waals surface area contributed by atoms with Crippen LogP contribution >= 0.6 is 11.6 Å². The molecular formula is C13H14ClN3O2. The van der Waals surface area contributed by atoms with E-state index in [1.165, 1.54) is 0 Å². The molecule has 100 valence electrons. The summed E-state index contributed by atoms with van der Waals surface area (Å²) in [6, 6.07) is 8.97. The van der Waals surface area contributed by atoms with Crippen LogP contribution in [0.4, 0.5) is 0 Å². The minimum Gasteiger partial charge on any atom is -0.383 e. The van der Waals surface area contributed by atoms with Gasteiger partial charge in [-0.3, -0.25) is 9.89 Å². The Balaban J connectivity index is 2.06. The van der Waals surface area contributed by atoms with E-state index in [0.29, 0.717) is 29.6 Å². The highest BCUT2D eigenvalue weighted by Gasteiger charge is 2.10. The summed E-state index contributed by atoms with van der Waals surface area (Å²) in [4.78, 5) is 11.8. The van der Waals surface area contributed by atoms with Crippen LogP contribution in [-0.2, 0) is 4.74 Å². The highest BCUT2D eigenvalue weighted by atomic mass is 35.5. The van der Waals surface area contributed by atoms with E-state index in [0.717, 1.165) is 5.56 Å². The molecule has 0 aliphatic carbocycles. The number of nitrogens with one attached hydrogen (secondary N) is 2. The summed E-state index contributed by atoms with van der Waals surface area (Å²) in [5.74, 6) is -0.204. The molecule has 0 fully saturated rings. The van der Waals surface area contributed by atoms with Gasteiger partial charge in [-0.2, -0.15) is 5.10 Å². The van der Waals surface area contributed by atoms with E-state index in [4.69, 9.17) is 16.3 Å². The lowest BCUT2D eigenvalue weighted by Gasteiger charge is -2.01. The largest absolute Gasteiger partial charge is 0.383 e. The normalized spacial score (nSPS) is 10.4. The number of halogens is 1. The van der Waals surface area contributed by atoms with Crippen LogP contribution in [0.25, 0.3) is 11.3 Å². The van der Waals surface area contributed by atoms with Gasteiger partial charge >= 0.3 is 0 Å². The van der Waals surface area contributed by atoms with Gasteiger partial charge in [0.05, 0.1) is 12.3 Å². The Labute approximate surface area is 115 Å². The smallest absolute Gasteiger partial charge is 0.269 e. The van der Waals surface area contributed by atoms with Crippen molar-refractivity contribution in [1.82, 2.24) is 15.5 Å². The zero-order chi connectivity index (χ0) is 13.7. The summed E-state index contributed by atoms with van der Waals surface area (Å²) in [5, 5.41) is 10.2. The number of hydrogen-bond acceptors (Lipinski definition) is 3. The molecule has 0 unspecified atom stereocenters. The molecule has 0 spiro atoms. The number of carbonyl (C=O) groups excluding carboxylic acids is 1. The molecule has 1 aromatic heterocycles. The maximum Gasteiger partial charge on any atom is 0.269 e. The van der Waals surface area contributed by atoms with E-state index < -0.39 is 0 Å². The summed E-state index contributed by atoms with van der Waals surface area (Å²) in [6.45, 7) is 0.939. The van der Waals surface area contributed by atoms with Crippen LogP contribution in [0.1, 0.15) is 10.5 Å². The van der Waals surface area contributed by atoms with Gasteiger partial charge < -0.3 is 10.1 Å². The fourth-order valence-electron chi connectivity index (χ4n) is 1.57. The van der Waals surface area contributed by atoms with Crippen LogP contribution < -0.4 is 5.32 Å². The molecule has 5 nitrogen and oxygen atoms in total. The summed E-state index contributed by atoms with van der Waals surface area (Å²) in [6.07, 6.45) is 0. The summed E-state index contributed by atoms with van der Waals surface area (Å²) >= 11 is 5.82. The Morgan fingerprint density at radius 2 is 2.16 bits per heavy atom. The molecule has 0 bridgehead atoms. The second-order valence-electron chi connectivity index (χ2n) is 3.92. The number of H-pyrrole nitrogens is 1. The first kappa shape index (κ1) is 13.6. The minimum atomic E-state index is -0.204. The standard InChI is InChI=1S/C13H14ClN3O2/c1-19-7-6-15-13(18)12-8-11(16-17-12)9-2-4-10(14)5-3-9/h2-5,8H,6-7H2,1H3,(H,15,18)(H,16,17). The van der Waals surface area contributed by atoms with Gasteiger partial charge in [-0.05, 0) is 18.2 Å². The van der Waals surface area contributed by atoms with Gasteiger partial charge in [0.25, 0.3) is 5.91 Å². The van der Waals surface area contributed by atoms with Crippen LogP contribution in [0.3, 0.4) is 0 Å². The molecule has 0 radical (unpaired) electrons. The molecule has 19 heavy (non-hydrogen) atoms. The van der Waals surface area contributed by atoms with Crippen molar-refractivity contribution >= 4 is 17.5 Å². The van der Waals surface area contributed by atoms with Crippen LogP contribution in [0.15, 0.2) is 30.3 Å². The molecule has 2 N–H and O–H groups in total. The minimum absolute atomic E-state index is 0.204. The van der Waals surface area contributed by atoms with E-state index in [1.807, 2.05) is 12.1 Å². The predicted molar refractivity (Wildman–Crippen MR) is 73.2 cm³/mol. The van der Waals surface area contributed by atoms with Crippen molar-refractivity contribution in [1.29, 1.82) is 0 Å². The number of aromatic amines is 1. The third-order valence-corrected chi connectivity index (χ3v) is 2.81. The van der Waals surface area contributed by atoms with E-state index >= 15 is 0 Å². The lowest BCUT2D eigenvalue weighted by molar-refractivity contribution is 0.0932. The molecule has 1 heterocycles. The molecular weight excluding hydrogens is 266 g/mol. The molecule has 2 aromatic rings. The van der Waals surface area contributed by atoms with Crippen molar-refractivity contribution in [3.63, 3.8) is 0 Å². The van der Waals surface area contributed by atoms with Crippen LogP contribution in [0.2, 0.25) is 5.02 Å². The molecule has 1 aromatic carbocycles. The van der Waals surface area contributed by atoms with Crippen molar-refractivity contribution in [2.45, 2.75) is 0 Å². The van der Waals surface area contributed by atoms with E-state index in [1.54, 1.807) is 25.3 Å². The lowest BCUT2D eigenvalue weighted by atomic mass is 10.1. The summed E-state index contributed by atoms with van der Waals surface area (Å²) < 4.78 is 4.86. The highest BCUT2D eigenvalue weighted by molar-refractivity contribution is 6.30. The number of benzene rings is 1. The van der Waals surface area contributed by atoms with E-state index in [9.17, 15) is 4.79 Å². The second-order valence-corrected chi connectivity index (χ2v) is 4.36. The number of rotatable bonds is 5. The molecule has 0 saturated heterocycles. The quantitative estimate of drug-likeness (QED) is 0.824. The Morgan fingerprint density at radius 1 is 1.42 bits per heavy atom. The van der Waals surface area contributed by atoms with Crippen molar-refractivity contribution in [3.05, 3.63) is 41.0 Å². The van der Waals surface area contributed by atoms with E-state index in [-0.39, 0.29) is 5.91 Å². The van der Waals surface area contributed by atoms with Crippen molar-refractivity contribution in [2.75, 3.05) is 20.3 Å². The van der Waals surface area contributed by atoms with Crippen LogP contribution in [-0.4, -0.2) is 36.4 Å². The first-order valence-electron chi connectivity index (χ1n) is 5.79. The first-order valence-corrected chi connectivity index (χ1v) is 6.17. The average Bonchev–Trinajstić information content (AvgIpc) is 2.89. The topological polar surface area (TPSA) is 67.0 Å². The number of carbonyl (C=O) groups is 1. The zero-order valence-electron chi connectivity index (χ0n) is 10.4. The summed E-state index contributed by atoms with van der Waals surface area (Å²) in [7, 11) is 1.58. The number of nitrogens with zero attached hydrogens (tertiary/aromatic N) is 1. The molecule has 6 heteroatoms. The Kier molecular flexibility index (Phi) is 4.54. The maximum absolute atomic E-state index is 11.8. The number of amides is 1. The van der Waals surface area contributed by atoms with Gasteiger partial charge in [0.15, 0.2) is 0 Å². The molecule has 0 aliphatic heterocycles. The van der Waals surface area contributed by atoms with Gasteiger partial charge in [-0.1, -0.05) is 23.7 Å². The Hall–Kier alpha value is -1.85. The fourth-order valence-corrected chi connectivity index (χ4v) is 1.69. The fraction of sp³-hybridized carbons (Fsp3) is 0.231. The molecule has 1 amide bonds. The maximum atomic E-state index is 11.8. The van der Waals surface area contributed by atoms with Gasteiger partial charge in [0.2, 0.25) is 0 Å². The predicted octanol–water partition coefficient (Wildman–Crippen LogP) is 2.11. The highest BCUT2D eigenvalue weighted by Crippen LogP contribution is 2.20. The number of ether oxygens (including phenoxy) is 1. The van der Waals surface area contributed by atoms with Gasteiger partial charge in [0.1, 0.15) is 5.69 Å². The second kappa shape index (κ2) is 6.36. The molecule has 0 saturated carbocycles. The Morgan fingerprint density at radius 3 is 2.84 bits per heavy atom. The van der Waals surface area contributed by atoms with Gasteiger partial charge in [-0.25, -0.2) is 0 Å². The average molecular weight is 280 g/mol. The summed E-state index contributed by atoms with van der Waals surface area (Å²) in [5.41, 5.74) is 2.02. The molecule has 0 aliphatic rings. The van der Waals surface area contributed by atoms with Crippen molar-refractivity contribution in [3.8, 4) is 11.3 Å². The number of methoxy groups -OCH3 is 1. The third kappa shape index (κ3) is 3.56. The third-order valence-electron chi connectivity index (χ3n) is 2.55.